The SMILES string of the molecule is Nc1cc([N+](=O)[O-])c(Cl)nc1Cl. The summed E-state index contributed by atoms with van der Waals surface area (Å²) in [5, 5.41) is 9.97. The maximum atomic E-state index is 10.3. The van der Waals surface area contributed by atoms with E-state index >= 15 is 0 Å². The van der Waals surface area contributed by atoms with E-state index in [1.54, 1.807) is 0 Å². The van der Waals surface area contributed by atoms with Gasteiger partial charge in [0.25, 0.3) is 0 Å². The first-order valence-electron chi connectivity index (χ1n) is 2.78. The Morgan fingerprint density at radius 2 is 2.08 bits per heavy atom. The van der Waals surface area contributed by atoms with Crippen LogP contribution in [0.5, 0.6) is 0 Å². The van der Waals surface area contributed by atoms with Crippen LogP contribution in [0.4, 0.5) is 11.4 Å². The topological polar surface area (TPSA) is 82.0 Å². The minimum Gasteiger partial charge on any atom is -0.396 e. The number of rotatable bonds is 1. The monoisotopic (exact) mass is 207 g/mol. The number of hydrogen-bond acceptors (Lipinski definition) is 4. The molecular formula is C5H3Cl2N3O2. The minimum absolute atomic E-state index is 0.0350. The van der Waals surface area contributed by atoms with E-state index in [-0.39, 0.29) is 21.7 Å². The highest BCUT2D eigenvalue weighted by atomic mass is 35.5. The lowest BCUT2D eigenvalue weighted by molar-refractivity contribution is -0.385. The molecule has 5 nitrogen and oxygen atoms in total. The molecule has 0 saturated carbocycles. The quantitative estimate of drug-likeness (QED) is 0.433. The Bertz CT molecular complexity index is 342. The number of aromatic nitrogens is 1. The van der Waals surface area contributed by atoms with Gasteiger partial charge in [0.1, 0.15) is 0 Å². The van der Waals surface area contributed by atoms with Crippen molar-refractivity contribution >= 4 is 34.6 Å². The molecule has 0 amide bonds. The molecule has 7 heteroatoms. The van der Waals surface area contributed by atoms with Crippen LogP contribution in [-0.4, -0.2) is 9.91 Å². The number of nitrogen functional groups attached to an aromatic ring is 1. The maximum Gasteiger partial charge on any atom is 0.308 e. The van der Waals surface area contributed by atoms with Gasteiger partial charge < -0.3 is 5.73 Å². The van der Waals surface area contributed by atoms with Crippen molar-refractivity contribution in [2.75, 3.05) is 5.73 Å². The van der Waals surface area contributed by atoms with Crippen LogP contribution in [0.15, 0.2) is 6.07 Å². The molecule has 1 heterocycles. The van der Waals surface area contributed by atoms with E-state index in [4.69, 9.17) is 28.9 Å². The third kappa shape index (κ3) is 1.57. The molecule has 0 aliphatic heterocycles. The summed E-state index contributed by atoms with van der Waals surface area (Å²) >= 11 is 10.9. The summed E-state index contributed by atoms with van der Waals surface area (Å²) in [7, 11) is 0. The van der Waals surface area contributed by atoms with Crippen molar-refractivity contribution in [1.29, 1.82) is 0 Å². The molecule has 2 N–H and O–H groups in total. The number of anilines is 1. The highest BCUT2D eigenvalue weighted by Gasteiger charge is 2.15. The van der Waals surface area contributed by atoms with Gasteiger partial charge in [-0.3, -0.25) is 10.1 Å². The second-order valence-electron chi connectivity index (χ2n) is 1.94. The molecule has 12 heavy (non-hydrogen) atoms. The lowest BCUT2D eigenvalue weighted by Gasteiger charge is -1.97. The van der Waals surface area contributed by atoms with E-state index in [2.05, 4.69) is 4.98 Å². The van der Waals surface area contributed by atoms with Crippen LogP contribution in [0.2, 0.25) is 10.3 Å². The first-order valence-corrected chi connectivity index (χ1v) is 3.54. The molecule has 0 bridgehead atoms. The summed E-state index contributed by atoms with van der Waals surface area (Å²) in [5.41, 5.74) is 4.96. The normalized spacial score (nSPS) is 9.83. The van der Waals surface area contributed by atoms with Gasteiger partial charge in [-0.1, -0.05) is 23.2 Å². The summed E-state index contributed by atoms with van der Waals surface area (Å²) < 4.78 is 0. The smallest absolute Gasteiger partial charge is 0.308 e. The Kier molecular flexibility index (Phi) is 2.35. The Morgan fingerprint density at radius 3 is 2.58 bits per heavy atom. The number of nitro groups is 1. The van der Waals surface area contributed by atoms with Gasteiger partial charge in [-0.2, -0.15) is 0 Å². The van der Waals surface area contributed by atoms with E-state index in [0.717, 1.165) is 6.07 Å². The van der Waals surface area contributed by atoms with Crippen molar-refractivity contribution < 1.29 is 4.92 Å². The summed E-state index contributed by atoms with van der Waals surface area (Å²) in [6.45, 7) is 0. The van der Waals surface area contributed by atoms with E-state index in [9.17, 15) is 10.1 Å². The van der Waals surface area contributed by atoms with Crippen molar-refractivity contribution in [3.63, 3.8) is 0 Å². The van der Waals surface area contributed by atoms with Crippen molar-refractivity contribution in [3.05, 3.63) is 26.5 Å². The van der Waals surface area contributed by atoms with E-state index in [0.29, 0.717) is 0 Å². The molecule has 0 atom stereocenters. The van der Waals surface area contributed by atoms with E-state index in [1.165, 1.54) is 0 Å². The van der Waals surface area contributed by atoms with Gasteiger partial charge in [0.05, 0.1) is 10.6 Å². The minimum atomic E-state index is -0.679. The molecule has 0 aliphatic carbocycles. The summed E-state index contributed by atoms with van der Waals surface area (Å²) in [5.74, 6) is 0. The lowest BCUT2D eigenvalue weighted by atomic mass is 10.4. The van der Waals surface area contributed by atoms with E-state index in [1.807, 2.05) is 0 Å². The van der Waals surface area contributed by atoms with Crippen LogP contribution >= 0.6 is 23.2 Å². The number of pyridine rings is 1. The average molecular weight is 208 g/mol. The molecule has 0 fully saturated rings. The Hall–Kier alpha value is -1.07. The highest BCUT2D eigenvalue weighted by Crippen LogP contribution is 2.28. The maximum absolute atomic E-state index is 10.3. The number of halogens is 2. The van der Waals surface area contributed by atoms with Gasteiger partial charge in [-0.05, 0) is 0 Å². The number of nitrogens with zero attached hydrogens (tertiary/aromatic N) is 2. The number of nitrogens with two attached hydrogens (primary N) is 1. The van der Waals surface area contributed by atoms with Gasteiger partial charge in [0, 0.05) is 6.07 Å². The molecule has 1 aromatic rings. The Labute approximate surface area is 77.3 Å². The predicted octanol–water partition coefficient (Wildman–Crippen LogP) is 1.88. The van der Waals surface area contributed by atoms with Crippen LogP contribution in [0.3, 0.4) is 0 Å². The zero-order valence-electron chi connectivity index (χ0n) is 5.62. The van der Waals surface area contributed by atoms with E-state index < -0.39 is 4.92 Å². The summed E-state index contributed by atoms with van der Waals surface area (Å²) in [6.07, 6.45) is 0. The van der Waals surface area contributed by atoms with Crippen LogP contribution in [-0.2, 0) is 0 Å². The average Bonchev–Trinajstić information content (AvgIpc) is 1.96. The molecule has 0 saturated heterocycles. The van der Waals surface area contributed by atoms with Gasteiger partial charge in [0.2, 0.25) is 5.15 Å². The second kappa shape index (κ2) is 3.12. The van der Waals surface area contributed by atoms with Gasteiger partial charge in [-0.15, -0.1) is 0 Å². The van der Waals surface area contributed by atoms with Gasteiger partial charge >= 0.3 is 5.69 Å². The van der Waals surface area contributed by atoms with Crippen LogP contribution in [0, 0.1) is 10.1 Å². The van der Waals surface area contributed by atoms with Crippen molar-refractivity contribution in [3.8, 4) is 0 Å². The van der Waals surface area contributed by atoms with Crippen molar-refractivity contribution in [1.82, 2.24) is 4.98 Å². The summed E-state index contributed by atoms with van der Waals surface area (Å²) in [6, 6.07) is 1.07. The zero-order chi connectivity index (χ0) is 9.30. The van der Waals surface area contributed by atoms with Crippen LogP contribution in [0.1, 0.15) is 0 Å². The molecule has 1 aromatic heterocycles. The summed E-state index contributed by atoms with van der Waals surface area (Å²) in [4.78, 5) is 13.0. The number of hydrogen-bond donors (Lipinski definition) is 1. The molecule has 0 aliphatic rings. The molecule has 0 radical (unpaired) electrons. The Balaban J connectivity index is 3.33. The highest BCUT2D eigenvalue weighted by molar-refractivity contribution is 6.35. The predicted molar refractivity (Wildman–Crippen MR) is 45.3 cm³/mol. The standard InChI is InChI=1S/C5H3Cl2N3O2/c6-4-2(8)1-3(10(11)12)5(7)9-4/h1H,8H2. The lowest BCUT2D eigenvalue weighted by Crippen LogP contribution is -1.95. The molecular weight excluding hydrogens is 205 g/mol. The molecule has 1 rings (SSSR count). The van der Waals surface area contributed by atoms with Crippen molar-refractivity contribution in [2.24, 2.45) is 0 Å². The van der Waals surface area contributed by atoms with Crippen LogP contribution in [0.25, 0.3) is 0 Å². The first-order chi connectivity index (χ1) is 5.52. The fourth-order valence-corrected chi connectivity index (χ4v) is 0.993. The molecule has 0 spiro atoms. The van der Waals surface area contributed by atoms with Gasteiger partial charge in [-0.25, -0.2) is 4.98 Å². The third-order valence-electron chi connectivity index (χ3n) is 1.13. The third-order valence-corrected chi connectivity index (χ3v) is 1.72. The van der Waals surface area contributed by atoms with Crippen molar-refractivity contribution in [2.45, 2.75) is 0 Å². The fourth-order valence-electron chi connectivity index (χ4n) is 0.602. The first kappa shape index (κ1) is 9.02. The van der Waals surface area contributed by atoms with Crippen LogP contribution < -0.4 is 5.73 Å². The second-order valence-corrected chi connectivity index (χ2v) is 2.65. The molecule has 0 aromatic carbocycles. The largest absolute Gasteiger partial charge is 0.396 e. The van der Waals surface area contributed by atoms with Gasteiger partial charge in [0.15, 0.2) is 5.15 Å². The zero-order valence-corrected chi connectivity index (χ0v) is 7.13. The molecule has 0 unspecified atom stereocenters. The Morgan fingerprint density at radius 1 is 1.50 bits per heavy atom. The fraction of sp³-hybridized carbons (Fsp3) is 0. The molecule has 64 valence electrons.